The lowest BCUT2D eigenvalue weighted by molar-refractivity contribution is 0.927. The molecule has 0 aromatic carbocycles. The topological polar surface area (TPSA) is 0 Å². The molecule has 0 heterocycles. The Hall–Kier alpha value is -0.780. The molecule has 0 radical (unpaired) electrons. The molecule has 1 aliphatic rings. The van der Waals surface area contributed by atoms with Gasteiger partial charge in [-0.25, -0.2) is 0 Å². The van der Waals surface area contributed by atoms with E-state index in [-0.39, 0.29) is 0 Å². The highest BCUT2D eigenvalue weighted by molar-refractivity contribution is 5.42. The second-order valence-electron chi connectivity index (χ2n) is 2.81. The van der Waals surface area contributed by atoms with Crippen molar-refractivity contribution >= 4 is 0 Å². The summed E-state index contributed by atoms with van der Waals surface area (Å²) in [7, 11) is 0. The first-order chi connectivity index (χ1) is 5.75. The van der Waals surface area contributed by atoms with Gasteiger partial charge in [-0.3, -0.25) is 0 Å². The van der Waals surface area contributed by atoms with E-state index in [2.05, 4.69) is 26.5 Å². The number of hydrogen-bond donors (Lipinski definition) is 0. The number of rotatable bonds is 1. The van der Waals surface area contributed by atoms with Crippen molar-refractivity contribution in [3.05, 3.63) is 35.5 Å². The Labute approximate surface area is 76.7 Å². The number of hydrogen-bond acceptors (Lipinski definition) is 0. The molecule has 0 N–H and O–H groups in total. The molecule has 0 aliphatic heterocycles. The molecule has 0 nitrogen and oxygen atoms in total. The summed E-state index contributed by atoms with van der Waals surface area (Å²) in [5.74, 6) is 0. The molecule has 0 amide bonds. The predicted octanol–water partition coefficient (Wildman–Crippen LogP) is 4.26. The quantitative estimate of drug-likeness (QED) is 0.543. The molecule has 68 valence electrons. The second-order valence-corrected chi connectivity index (χ2v) is 2.81. The Morgan fingerprint density at radius 3 is 2.33 bits per heavy atom. The highest BCUT2D eigenvalue weighted by atomic mass is 14.1. The molecule has 0 spiro atoms. The number of allylic oxidation sites excluding steroid dienone is 5. The van der Waals surface area contributed by atoms with E-state index >= 15 is 0 Å². The van der Waals surface area contributed by atoms with Crippen LogP contribution >= 0.6 is 0 Å². The maximum Gasteiger partial charge on any atom is -0.0274 e. The van der Waals surface area contributed by atoms with Crippen LogP contribution in [-0.4, -0.2) is 0 Å². The third-order valence-corrected chi connectivity index (χ3v) is 2.18. The third kappa shape index (κ3) is 2.69. The van der Waals surface area contributed by atoms with Crippen LogP contribution in [-0.2, 0) is 0 Å². The second kappa shape index (κ2) is 5.82. The lowest BCUT2D eigenvalue weighted by Gasteiger charge is -2.13. The molecular weight excluding hydrogens is 144 g/mol. The molecule has 0 saturated carbocycles. The van der Waals surface area contributed by atoms with Crippen molar-refractivity contribution in [1.82, 2.24) is 0 Å². The summed E-state index contributed by atoms with van der Waals surface area (Å²) < 4.78 is 0. The van der Waals surface area contributed by atoms with Crippen molar-refractivity contribution in [2.45, 2.75) is 40.5 Å². The minimum Gasteiger partial charge on any atom is -0.0985 e. The van der Waals surface area contributed by atoms with Gasteiger partial charge in [-0.1, -0.05) is 38.2 Å². The molecule has 0 heteroatoms. The first-order valence-corrected chi connectivity index (χ1v) is 4.75. The van der Waals surface area contributed by atoms with E-state index in [0.29, 0.717) is 0 Å². The first-order valence-electron chi connectivity index (χ1n) is 4.75. The standard InChI is InChI=1S/C10H14.C2H6/c1-4-10-7-5-6-8(2)9(10)3;1-2/h4,7H,1,5-6H2,2-3H3;1-2H3. The van der Waals surface area contributed by atoms with Gasteiger partial charge in [0.25, 0.3) is 0 Å². The van der Waals surface area contributed by atoms with Crippen molar-refractivity contribution in [2.75, 3.05) is 0 Å². The molecule has 0 bridgehead atoms. The van der Waals surface area contributed by atoms with Gasteiger partial charge in [0.05, 0.1) is 0 Å². The third-order valence-electron chi connectivity index (χ3n) is 2.18. The van der Waals surface area contributed by atoms with Gasteiger partial charge < -0.3 is 0 Å². The zero-order valence-corrected chi connectivity index (χ0v) is 8.78. The van der Waals surface area contributed by atoms with E-state index in [4.69, 9.17) is 0 Å². The fraction of sp³-hybridized carbons (Fsp3) is 0.500. The van der Waals surface area contributed by atoms with Crippen molar-refractivity contribution in [2.24, 2.45) is 0 Å². The largest absolute Gasteiger partial charge is 0.0985 e. The Morgan fingerprint density at radius 1 is 1.33 bits per heavy atom. The summed E-state index contributed by atoms with van der Waals surface area (Å²) in [6.07, 6.45) is 6.61. The molecule has 0 unspecified atom stereocenters. The van der Waals surface area contributed by atoms with Gasteiger partial charge >= 0.3 is 0 Å². The Bertz CT molecular complexity index is 204. The molecule has 0 atom stereocenters. The summed E-state index contributed by atoms with van der Waals surface area (Å²) in [6.45, 7) is 12.1. The summed E-state index contributed by atoms with van der Waals surface area (Å²) >= 11 is 0. The molecule has 0 aromatic heterocycles. The maximum absolute atomic E-state index is 3.77. The Kier molecular flexibility index (Phi) is 5.44. The van der Waals surface area contributed by atoms with Gasteiger partial charge in [0, 0.05) is 0 Å². The molecule has 0 fully saturated rings. The van der Waals surface area contributed by atoms with Crippen molar-refractivity contribution in [3.63, 3.8) is 0 Å². The fourth-order valence-electron chi connectivity index (χ4n) is 1.27. The van der Waals surface area contributed by atoms with Gasteiger partial charge in [-0.05, 0) is 37.8 Å². The fourth-order valence-corrected chi connectivity index (χ4v) is 1.27. The van der Waals surface area contributed by atoms with Crippen LogP contribution in [0.3, 0.4) is 0 Å². The first kappa shape index (κ1) is 11.2. The predicted molar refractivity (Wildman–Crippen MR) is 57.2 cm³/mol. The molecular formula is C12H20. The van der Waals surface area contributed by atoms with Crippen molar-refractivity contribution in [3.8, 4) is 0 Å². The zero-order valence-electron chi connectivity index (χ0n) is 8.78. The van der Waals surface area contributed by atoms with Crippen LogP contribution in [0.1, 0.15) is 40.5 Å². The van der Waals surface area contributed by atoms with Crippen LogP contribution in [0.5, 0.6) is 0 Å². The van der Waals surface area contributed by atoms with Crippen molar-refractivity contribution < 1.29 is 0 Å². The van der Waals surface area contributed by atoms with Crippen LogP contribution in [0.2, 0.25) is 0 Å². The maximum atomic E-state index is 3.77. The molecule has 1 rings (SSSR count). The Morgan fingerprint density at radius 2 is 1.92 bits per heavy atom. The van der Waals surface area contributed by atoms with Crippen molar-refractivity contribution in [1.29, 1.82) is 0 Å². The molecule has 1 aliphatic carbocycles. The van der Waals surface area contributed by atoms with Crippen LogP contribution in [0.4, 0.5) is 0 Å². The van der Waals surface area contributed by atoms with Gasteiger partial charge in [0.2, 0.25) is 0 Å². The minimum absolute atomic E-state index is 1.19. The smallest absolute Gasteiger partial charge is 0.0274 e. The molecule has 12 heavy (non-hydrogen) atoms. The monoisotopic (exact) mass is 164 g/mol. The molecule has 0 saturated heterocycles. The van der Waals surface area contributed by atoms with E-state index in [1.165, 1.54) is 29.6 Å². The minimum atomic E-state index is 1.19. The lowest BCUT2D eigenvalue weighted by atomic mass is 9.93. The zero-order chi connectivity index (χ0) is 9.56. The SMILES string of the molecule is C=CC1=CCCC(C)=C1C.CC. The van der Waals surface area contributed by atoms with E-state index in [1.807, 2.05) is 19.9 Å². The Balaban J connectivity index is 0.000000561. The van der Waals surface area contributed by atoms with E-state index in [0.717, 1.165) is 0 Å². The van der Waals surface area contributed by atoms with Crippen LogP contribution in [0.25, 0.3) is 0 Å². The van der Waals surface area contributed by atoms with E-state index in [9.17, 15) is 0 Å². The summed E-state index contributed by atoms with van der Waals surface area (Å²) in [6, 6.07) is 0. The molecule has 0 aromatic rings. The normalized spacial score (nSPS) is 16.2. The highest BCUT2D eigenvalue weighted by Gasteiger charge is 2.04. The van der Waals surface area contributed by atoms with Gasteiger partial charge in [0.15, 0.2) is 0 Å². The van der Waals surface area contributed by atoms with Crippen LogP contribution < -0.4 is 0 Å². The lowest BCUT2D eigenvalue weighted by Crippen LogP contribution is -1.93. The van der Waals surface area contributed by atoms with E-state index in [1.54, 1.807) is 0 Å². The van der Waals surface area contributed by atoms with Gasteiger partial charge in [-0.15, -0.1) is 0 Å². The average Bonchev–Trinajstić information content (AvgIpc) is 2.13. The van der Waals surface area contributed by atoms with E-state index < -0.39 is 0 Å². The summed E-state index contributed by atoms with van der Waals surface area (Å²) in [5, 5.41) is 0. The summed E-state index contributed by atoms with van der Waals surface area (Å²) in [5.41, 5.74) is 4.25. The van der Waals surface area contributed by atoms with Gasteiger partial charge in [0.1, 0.15) is 0 Å². The summed E-state index contributed by atoms with van der Waals surface area (Å²) in [4.78, 5) is 0. The highest BCUT2D eigenvalue weighted by Crippen LogP contribution is 2.24. The van der Waals surface area contributed by atoms with Crippen LogP contribution in [0.15, 0.2) is 35.5 Å². The van der Waals surface area contributed by atoms with Gasteiger partial charge in [-0.2, -0.15) is 0 Å². The average molecular weight is 164 g/mol. The van der Waals surface area contributed by atoms with Crippen LogP contribution in [0, 0.1) is 0 Å².